The van der Waals surface area contributed by atoms with Crippen molar-refractivity contribution in [1.29, 1.82) is 0 Å². The van der Waals surface area contributed by atoms with E-state index in [2.05, 4.69) is 45.5 Å². The van der Waals surface area contributed by atoms with Crippen LogP contribution in [0.5, 0.6) is 0 Å². The van der Waals surface area contributed by atoms with Crippen molar-refractivity contribution in [1.82, 2.24) is 26.2 Å². The first-order chi connectivity index (χ1) is 20.6. The zero-order chi connectivity index (χ0) is 29.1. The Labute approximate surface area is 248 Å². The molecule has 42 heavy (non-hydrogen) atoms. The summed E-state index contributed by atoms with van der Waals surface area (Å²) in [4.78, 5) is 41.3. The molecule has 2 unspecified atom stereocenters. The van der Waals surface area contributed by atoms with E-state index in [0.717, 1.165) is 44.5 Å². The van der Waals surface area contributed by atoms with Crippen molar-refractivity contribution in [2.24, 2.45) is 0 Å². The predicted molar refractivity (Wildman–Crippen MR) is 164 cm³/mol. The fourth-order valence-corrected chi connectivity index (χ4v) is 5.51. The molecule has 3 aromatic carbocycles. The Kier molecular flexibility index (Phi) is 10.4. The maximum Gasteiger partial charge on any atom is 0.253 e. The minimum absolute atomic E-state index is 0.0824. The number of amides is 3. The zero-order valence-corrected chi connectivity index (χ0v) is 24.1. The summed E-state index contributed by atoms with van der Waals surface area (Å²) in [7, 11) is 0. The van der Waals surface area contributed by atoms with Crippen LogP contribution in [0.2, 0.25) is 0 Å². The van der Waals surface area contributed by atoms with Crippen LogP contribution in [0.3, 0.4) is 0 Å². The Hall–Kier alpha value is -4.01. The molecule has 1 saturated carbocycles. The van der Waals surface area contributed by atoms with E-state index in [9.17, 15) is 14.4 Å². The highest BCUT2D eigenvalue weighted by Crippen LogP contribution is 2.40. The van der Waals surface area contributed by atoms with Gasteiger partial charge in [0.15, 0.2) is 0 Å². The molecule has 2 fully saturated rings. The van der Waals surface area contributed by atoms with Gasteiger partial charge in [-0.2, -0.15) is 0 Å². The van der Waals surface area contributed by atoms with E-state index in [0.29, 0.717) is 49.1 Å². The molecule has 1 saturated heterocycles. The normalized spacial score (nSPS) is 18.6. The number of unbranched alkanes of at least 4 members (excludes halogenated alkanes) is 1. The zero-order valence-electron chi connectivity index (χ0n) is 24.1. The average Bonchev–Trinajstić information content (AvgIpc) is 3.83. The van der Waals surface area contributed by atoms with Gasteiger partial charge in [-0.3, -0.25) is 14.4 Å². The molecule has 1 aliphatic heterocycles. The van der Waals surface area contributed by atoms with Gasteiger partial charge < -0.3 is 26.2 Å². The summed E-state index contributed by atoms with van der Waals surface area (Å²) < 4.78 is 0. The van der Waals surface area contributed by atoms with Crippen LogP contribution in [-0.2, 0) is 11.3 Å². The standard InChI is InChI=1S/C34H41N5O3/c40-32(27-14-9-15-28(22-27)34(42)39-20-18-35-19-21-39)38-30(33(41)37-24-25-10-3-1-4-11-25)16-7-8-17-36-31-23-29(31)26-12-5-2-6-13-26/h1-6,9-15,22,29-31,35-36H,7-8,16-21,23-24H2,(H,37,41)(H,38,40)/t29?,30-,31?/m0/s1. The van der Waals surface area contributed by atoms with Crippen molar-refractivity contribution in [3.05, 3.63) is 107 Å². The third-order valence-corrected chi connectivity index (χ3v) is 8.05. The first-order valence-corrected chi connectivity index (χ1v) is 15.1. The highest BCUT2D eigenvalue weighted by Gasteiger charge is 2.37. The van der Waals surface area contributed by atoms with Gasteiger partial charge >= 0.3 is 0 Å². The summed E-state index contributed by atoms with van der Waals surface area (Å²) in [6, 6.07) is 26.9. The Balaban J connectivity index is 1.15. The number of piperazine rings is 1. The molecule has 3 amide bonds. The SMILES string of the molecule is O=C(N[C@@H](CCCCNC1CC1c1ccccc1)C(=O)NCc1ccccc1)c1cccc(C(=O)N2CCNCC2)c1. The lowest BCUT2D eigenvalue weighted by Crippen LogP contribution is -2.47. The third kappa shape index (κ3) is 8.27. The Morgan fingerprint density at radius 2 is 1.57 bits per heavy atom. The van der Waals surface area contributed by atoms with E-state index in [-0.39, 0.29) is 17.7 Å². The molecule has 8 heteroatoms. The quantitative estimate of drug-likeness (QED) is 0.237. The lowest BCUT2D eigenvalue weighted by atomic mass is 10.1. The molecule has 2 aliphatic rings. The van der Waals surface area contributed by atoms with Gasteiger partial charge in [0.2, 0.25) is 5.91 Å². The second-order valence-corrected chi connectivity index (χ2v) is 11.2. The van der Waals surface area contributed by atoms with E-state index in [1.807, 2.05) is 36.4 Å². The topological polar surface area (TPSA) is 103 Å². The van der Waals surface area contributed by atoms with Gasteiger partial charge in [0.25, 0.3) is 11.8 Å². The lowest BCUT2D eigenvalue weighted by molar-refractivity contribution is -0.123. The van der Waals surface area contributed by atoms with Gasteiger partial charge in [-0.05, 0) is 61.6 Å². The minimum Gasteiger partial charge on any atom is -0.350 e. The molecule has 0 radical (unpaired) electrons. The molecular weight excluding hydrogens is 526 g/mol. The van der Waals surface area contributed by atoms with Crippen molar-refractivity contribution < 1.29 is 14.4 Å². The van der Waals surface area contributed by atoms with Crippen molar-refractivity contribution in [2.75, 3.05) is 32.7 Å². The number of hydrogen-bond acceptors (Lipinski definition) is 5. The monoisotopic (exact) mass is 567 g/mol. The first kappa shape index (κ1) is 29.5. The summed E-state index contributed by atoms with van der Waals surface area (Å²) in [5.41, 5.74) is 3.23. The van der Waals surface area contributed by atoms with Crippen LogP contribution in [0.4, 0.5) is 0 Å². The Morgan fingerprint density at radius 3 is 2.33 bits per heavy atom. The van der Waals surface area contributed by atoms with Crippen LogP contribution < -0.4 is 21.3 Å². The van der Waals surface area contributed by atoms with Crippen LogP contribution >= 0.6 is 0 Å². The minimum atomic E-state index is -0.674. The fraction of sp³-hybridized carbons (Fsp3) is 0.382. The van der Waals surface area contributed by atoms with E-state index in [1.165, 1.54) is 5.56 Å². The Bertz CT molecular complexity index is 1330. The van der Waals surface area contributed by atoms with Crippen molar-refractivity contribution >= 4 is 17.7 Å². The molecule has 0 aromatic heterocycles. The largest absolute Gasteiger partial charge is 0.350 e. The molecule has 1 heterocycles. The molecule has 4 N–H and O–H groups in total. The number of nitrogens with one attached hydrogen (secondary N) is 4. The lowest BCUT2D eigenvalue weighted by Gasteiger charge is -2.27. The highest BCUT2D eigenvalue weighted by atomic mass is 16.2. The van der Waals surface area contributed by atoms with Crippen LogP contribution in [-0.4, -0.2) is 67.4 Å². The summed E-state index contributed by atoms with van der Waals surface area (Å²) in [5, 5.41) is 12.8. The molecule has 220 valence electrons. The van der Waals surface area contributed by atoms with Gasteiger partial charge in [-0.25, -0.2) is 0 Å². The highest BCUT2D eigenvalue weighted by molar-refractivity contribution is 6.01. The van der Waals surface area contributed by atoms with Crippen LogP contribution in [0.25, 0.3) is 0 Å². The molecule has 5 rings (SSSR count). The summed E-state index contributed by atoms with van der Waals surface area (Å²) in [6.07, 6.45) is 3.38. The van der Waals surface area contributed by atoms with Gasteiger partial charge in [0.05, 0.1) is 0 Å². The molecule has 0 bridgehead atoms. The number of rotatable bonds is 13. The second kappa shape index (κ2) is 14.8. The summed E-state index contributed by atoms with van der Waals surface area (Å²) in [5.74, 6) is -0.0663. The number of carbonyl (C=O) groups is 3. The van der Waals surface area contributed by atoms with Gasteiger partial charge in [0, 0.05) is 55.8 Å². The van der Waals surface area contributed by atoms with Crippen LogP contribution in [0, 0.1) is 0 Å². The third-order valence-electron chi connectivity index (χ3n) is 8.05. The maximum atomic E-state index is 13.3. The van der Waals surface area contributed by atoms with Crippen molar-refractivity contribution in [3.63, 3.8) is 0 Å². The summed E-state index contributed by atoms with van der Waals surface area (Å²) >= 11 is 0. The van der Waals surface area contributed by atoms with Gasteiger partial charge in [0.1, 0.15) is 6.04 Å². The van der Waals surface area contributed by atoms with E-state index in [4.69, 9.17) is 0 Å². The number of nitrogens with zero attached hydrogens (tertiary/aromatic N) is 1. The molecular formula is C34H41N5O3. The first-order valence-electron chi connectivity index (χ1n) is 15.1. The molecule has 3 atom stereocenters. The van der Waals surface area contributed by atoms with Gasteiger partial charge in [-0.1, -0.05) is 66.7 Å². The Morgan fingerprint density at radius 1 is 0.857 bits per heavy atom. The van der Waals surface area contributed by atoms with Crippen molar-refractivity contribution in [3.8, 4) is 0 Å². The van der Waals surface area contributed by atoms with E-state index >= 15 is 0 Å². The fourth-order valence-electron chi connectivity index (χ4n) is 5.51. The molecule has 8 nitrogen and oxygen atoms in total. The molecule has 3 aromatic rings. The van der Waals surface area contributed by atoms with Crippen molar-refractivity contribution in [2.45, 2.75) is 50.2 Å². The molecule has 1 aliphatic carbocycles. The predicted octanol–water partition coefficient (Wildman–Crippen LogP) is 3.46. The van der Waals surface area contributed by atoms with Crippen LogP contribution in [0.15, 0.2) is 84.9 Å². The second-order valence-electron chi connectivity index (χ2n) is 11.2. The number of carbonyl (C=O) groups excluding carboxylic acids is 3. The van der Waals surface area contributed by atoms with Gasteiger partial charge in [-0.15, -0.1) is 0 Å². The number of benzene rings is 3. The van der Waals surface area contributed by atoms with E-state index < -0.39 is 6.04 Å². The molecule has 0 spiro atoms. The summed E-state index contributed by atoms with van der Waals surface area (Å²) in [6.45, 7) is 4.06. The maximum absolute atomic E-state index is 13.3. The average molecular weight is 568 g/mol. The van der Waals surface area contributed by atoms with E-state index in [1.54, 1.807) is 29.2 Å². The smallest absolute Gasteiger partial charge is 0.253 e. The van der Waals surface area contributed by atoms with Crippen LogP contribution in [0.1, 0.15) is 63.4 Å². The number of hydrogen-bond donors (Lipinski definition) is 4.